The summed E-state index contributed by atoms with van der Waals surface area (Å²) in [5.74, 6) is -1.44. The molecule has 0 saturated heterocycles. The fourth-order valence-electron chi connectivity index (χ4n) is 2.68. The maximum atomic E-state index is 14.1. The van der Waals surface area contributed by atoms with Gasteiger partial charge >= 0.3 is 0 Å². The Morgan fingerprint density at radius 1 is 1.15 bits per heavy atom. The van der Waals surface area contributed by atoms with Crippen LogP contribution in [0.2, 0.25) is 0 Å². The van der Waals surface area contributed by atoms with Gasteiger partial charge in [0.15, 0.2) is 0 Å². The van der Waals surface area contributed by atoms with Gasteiger partial charge in [0.05, 0.1) is 16.5 Å². The van der Waals surface area contributed by atoms with Crippen molar-refractivity contribution in [1.29, 1.82) is 0 Å². The summed E-state index contributed by atoms with van der Waals surface area (Å²) in [6.07, 6.45) is 0. The molecule has 2 N–H and O–H groups in total. The molecule has 0 aliphatic carbocycles. The van der Waals surface area contributed by atoms with E-state index in [1.165, 1.54) is 0 Å². The molecule has 0 aromatic heterocycles. The second kappa shape index (κ2) is 9.07. The molecule has 0 spiro atoms. The Bertz CT molecular complexity index is 886. The highest BCUT2D eigenvalue weighted by atomic mass is 32.2. The van der Waals surface area contributed by atoms with Crippen LogP contribution in [0.1, 0.15) is 28.9 Å². The van der Waals surface area contributed by atoms with E-state index >= 15 is 0 Å². The first-order valence-electron chi connectivity index (χ1n) is 8.55. The van der Waals surface area contributed by atoms with Crippen LogP contribution in [0.15, 0.2) is 53.4 Å². The number of benzene rings is 2. The predicted molar refractivity (Wildman–Crippen MR) is 102 cm³/mol. The van der Waals surface area contributed by atoms with Crippen LogP contribution in [0, 0.1) is 5.82 Å². The largest absolute Gasteiger partial charge is 0.350 e. The molecule has 146 valence electrons. The molecule has 8 heteroatoms. The average Bonchev–Trinajstić information content (AvgIpc) is 2.62. The Morgan fingerprint density at radius 2 is 1.81 bits per heavy atom. The summed E-state index contributed by atoms with van der Waals surface area (Å²) >= 11 is 0. The monoisotopic (exact) mass is 393 g/mol. The molecule has 0 aliphatic heterocycles. The minimum atomic E-state index is -3.78. The molecule has 0 fully saturated rings. The van der Waals surface area contributed by atoms with Crippen LogP contribution in [-0.4, -0.2) is 46.4 Å². The summed E-state index contributed by atoms with van der Waals surface area (Å²) in [6.45, 7) is 2.09. The summed E-state index contributed by atoms with van der Waals surface area (Å²) in [4.78, 5) is 14.3. The summed E-state index contributed by atoms with van der Waals surface area (Å²) in [7, 11) is -0.00980. The zero-order valence-corrected chi connectivity index (χ0v) is 16.4. The Labute approximate surface area is 159 Å². The fourth-order valence-corrected chi connectivity index (χ4v) is 3.74. The third kappa shape index (κ3) is 5.35. The Hall–Kier alpha value is -2.29. The maximum absolute atomic E-state index is 14.1. The molecule has 0 bridgehead atoms. The second-order valence-corrected chi connectivity index (χ2v) is 8.01. The molecule has 2 aromatic carbocycles. The van der Waals surface area contributed by atoms with Crippen LogP contribution in [-0.2, 0) is 10.0 Å². The van der Waals surface area contributed by atoms with Gasteiger partial charge in [0.2, 0.25) is 10.0 Å². The number of sulfonamides is 1. The van der Waals surface area contributed by atoms with Crippen molar-refractivity contribution in [2.24, 2.45) is 0 Å². The number of carbonyl (C=O) groups excluding carboxylic acids is 1. The number of hydrogen-bond donors (Lipinski definition) is 2. The maximum Gasteiger partial charge on any atom is 0.254 e. The number of likely N-dealkylation sites (N-methyl/N-ethyl adjacent to an activating group) is 1. The summed E-state index contributed by atoms with van der Waals surface area (Å²) in [5, 5.41) is 2.69. The van der Waals surface area contributed by atoms with E-state index in [1.807, 2.05) is 49.3 Å². The number of amides is 1. The van der Waals surface area contributed by atoms with Crippen molar-refractivity contribution in [2.45, 2.75) is 17.9 Å². The molecule has 0 saturated carbocycles. The normalized spacial score (nSPS) is 12.8. The van der Waals surface area contributed by atoms with Crippen molar-refractivity contribution in [3.05, 3.63) is 65.5 Å². The van der Waals surface area contributed by atoms with Gasteiger partial charge in [-0.25, -0.2) is 17.5 Å². The first kappa shape index (κ1) is 21.0. The summed E-state index contributed by atoms with van der Waals surface area (Å²) < 4.78 is 40.6. The van der Waals surface area contributed by atoms with Gasteiger partial charge in [-0.2, -0.15) is 0 Å². The zero-order valence-electron chi connectivity index (χ0n) is 15.6. The van der Waals surface area contributed by atoms with Crippen molar-refractivity contribution < 1.29 is 17.6 Å². The minimum Gasteiger partial charge on any atom is -0.350 e. The Kier molecular flexibility index (Phi) is 7.06. The molecule has 1 amide bonds. The van der Waals surface area contributed by atoms with Crippen molar-refractivity contribution >= 4 is 15.9 Å². The predicted octanol–water partition coefficient (Wildman–Crippen LogP) is 2.16. The highest BCUT2D eigenvalue weighted by molar-refractivity contribution is 7.89. The number of rotatable bonds is 8. The van der Waals surface area contributed by atoms with Gasteiger partial charge in [0, 0.05) is 13.1 Å². The van der Waals surface area contributed by atoms with Gasteiger partial charge in [-0.1, -0.05) is 37.3 Å². The first-order valence-corrected chi connectivity index (χ1v) is 10.0. The smallest absolute Gasteiger partial charge is 0.254 e. The number of nitrogens with one attached hydrogen (secondary N) is 2. The number of hydrogen-bond acceptors (Lipinski definition) is 4. The van der Waals surface area contributed by atoms with Gasteiger partial charge in [-0.15, -0.1) is 0 Å². The molecule has 0 radical (unpaired) electrons. The lowest BCUT2D eigenvalue weighted by Crippen LogP contribution is -2.35. The lowest BCUT2D eigenvalue weighted by atomic mass is 10.1. The topological polar surface area (TPSA) is 78.5 Å². The number of nitrogens with zero attached hydrogens (tertiary/aromatic N) is 1. The van der Waals surface area contributed by atoms with Crippen LogP contribution in [0.5, 0.6) is 0 Å². The molecule has 1 unspecified atom stereocenters. The van der Waals surface area contributed by atoms with E-state index in [9.17, 15) is 17.6 Å². The van der Waals surface area contributed by atoms with E-state index in [-0.39, 0.29) is 29.6 Å². The SMILES string of the molecule is CCNS(=O)(=O)c1ccc(F)c(C(=O)NCC(c2ccccc2)N(C)C)c1. The van der Waals surface area contributed by atoms with E-state index in [2.05, 4.69) is 10.0 Å². The Balaban J connectivity index is 2.20. The van der Waals surface area contributed by atoms with Crippen molar-refractivity contribution in [2.75, 3.05) is 27.2 Å². The summed E-state index contributed by atoms with van der Waals surface area (Å²) in [6, 6.07) is 12.7. The molecule has 27 heavy (non-hydrogen) atoms. The highest BCUT2D eigenvalue weighted by Gasteiger charge is 2.20. The first-order chi connectivity index (χ1) is 12.8. The van der Waals surface area contributed by atoms with Crippen LogP contribution in [0.3, 0.4) is 0 Å². The highest BCUT2D eigenvalue weighted by Crippen LogP contribution is 2.18. The molecule has 0 aliphatic rings. The molecule has 1 atom stereocenters. The standard InChI is InChI=1S/C19H24FN3O3S/c1-4-22-27(25,26)15-10-11-17(20)16(12-15)19(24)21-13-18(23(2)3)14-8-6-5-7-9-14/h5-12,18,22H,4,13H2,1-3H3,(H,21,24). The van der Waals surface area contributed by atoms with Gasteiger partial charge in [-0.3, -0.25) is 4.79 Å². The second-order valence-electron chi connectivity index (χ2n) is 6.24. The molecule has 2 rings (SSSR count). The van der Waals surface area contributed by atoms with E-state index in [0.29, 0.717) is 0 Å². The molecular formula is C19H24FN3O3S. The lowest BCUT2D eigenvalue weighted by Gasteiger charge is -2.25. The lowest BCUT2D eigenvalue weighted by molar-refractivity contribution is 0.0937. The summed E-state index contributed by atoms with van der Waals surface area (Å²) in [5.41, 5.74) is 0.700. The average molecular weight is 393 g/mol. The van der Waals surface area contributed by atoms with Crippen molar-refractivity contribution in [3.8, 4) is 0 Å². The van der Waals surface area contributed by atoms with Gasteiger partial charge in [0.1, 0.15) is 5.82 Å². The number of halogens is 1. The van der Waals surface area contributed by atoms with Crippen LogP contribution >= 0.6 is 0 Å². The molecule has 6 nitrogen and oxygen atoms in total. The molecule has 2 aromatic rings. The minimum absolute atomic E-state index is 0.105. The van der Waals surface area contributed by atoms with Gasteiger partial charge < -0.3 is 10.2 Å². The fraction of sp³-hybridized carbons (Fsp3) is 0.316. The quantitative estimate of drug-likeness (QED) is 0.720. The van der Waals surface area contributed by atoms with Crippen molar-refractivity contribution in [1.82, 2.24) is 14.9 Å². The third-order valence-corrected chi connectivity index (χ3v) is 5.63. The van der Waals surface area contributed by atoms with Gasteiger partial charge in [0.25, 0.3) is 5.91 Å². The van der Waals surface area contributed by atoms with Crippen LogP contribution in [0.25, 0.3) is 0 Å². The van der Waals surface area contributed by atoms with E-state index in [4.69, 9.17) is 0 Å². The van der Waals surface area contributed by atoms with E-state index in [0.717, 1.165) is 23.8 Å². The molecular weight excluding hydrogens is 369 g/mol. The Morgan fingerprint density at radius 3 is 2.41 bits per heavy atom. The van der Waals surface area contributed by atoms with Gasteiger partial charge in [-0.05, 0) is 37.9 Å². The number of carbonyl (C=O) groups is 1. The molecule has 0 heterocycles. The van der Waals surface area contributed by atoms with E-state index < -0.39 is 21.7 Å². The third-order valence-electron chi connectivity index (χ3n) is 4.09. The van der Waals surface area contributed by atoms with Crippen molar-refractivity contribution in [3.63, 3.8) is 0 Å². The zero-order chi connectivity index (χ0) is 20.0. The van der Waals surface area contributed by atoms with E-state index in [1.54, 1.807) is 6.92 Å². The van der Waals surface area contributed by atoms with Crippen LogP contribution < -0.4 is 10.0 Å². The van der Waals surface area contributed by atoms with Crippen LogP contribution in [0.4, 0.5) is 4.39 Å².